The van der Waals surface area contributed by atoms with Gasteiger partial charge in [-0.05, 0) is 77.2 Å². The van der Waals surface area contributed by atoms with Gasteiger partial charge in [-0.2, -0.15) is 0 Å². The molecule has 0 radical (unpaired) electrons. The van der Waals surface area contributed by atoms with E-state index in [-0.39, 0.29) is 54.9 Å². The summed E-state index contributed by atoms with van der Waals surface area (Å²) in [5, 5.41) is 25.2. The first-order valence-electron chi connectivity index (χ1n) is 21.4. The highest BCUT2D eigenvalue weighted by Gasteiger charge is 2.66. The molecule has 7 aromatic rings. The van der Waals surface area contributed by atoms with Crippen LogP contribution in [-0.2, 0) is 39.4 Å². The number of para-hydroxylation sites is 1. The van der Waals surface area contributed by atoms with Gasteiger partial charge in [0.25, 0.3) is 5.91 Å². The molecule has 0 bridgehead atoms. The van der Waals surface area contributed by atoms with Crippen molar-refractivity contribution in [3.63, 3.8) is 0 Å². The van der Waals surface area contributed by atoms with Crippen LogP contribution in [0.25, 0.3) is 10.9 Å². The topological polar surface area (TPSA) is 135 Å². The molecule has 5 atom stereocenters. The number of H-pyrrole nitrogens is 1. The molecule has 9 rings (SSSR count). The van der Waals surface area contributed by atoms with Crippen molar-refractivity contribution in [3.05, 3.63) is 167 Å². The largest absolute Gasteiger partial charge is 0.497 e. The summed E-state index contributed by atoms with van der Waals surface area (Å²) in [5.41, 5.74) is 5.28. The number of amides is 2. The van der Waals surface area contributed by atoms with Crippen LogP contribution in [0.2, 0.25) is 23.7 Å². The third-order valence-corrected chi connectivity index (χ3v) is 17.9. The molecule has 5 aromatic carbocycles. The third kappa shape index (κ3) is 7.86. The van der Waals surface area contributed by atoms with Gasteiger partial charge in [0.2, 0.25) is 5.91 Å². The number of aromatic nitrogens is 4. The first kappa shape index (κ1) is 42.3. The summed E-state index contributed by atoms with van der Waals surface area (Å²) in [6, 6.07) is 39.4. The third-order valence-electron chi connectivity index (χ3n) is 13.3. The minimum absolute atomic E-state index is 0.00480. The number of methoxy groups -OCH3 is 1. The molecule has 13 heteroatoms. The Balaban J connectivity index is 1.01. The number of carbonyl (C=O) groups excluding carboxylic acids is 2. The van der Waals surface area contributed by atoms with Crippen LogP contribution in [0.4, 0.5) is 11.4 Å². The number of aryl methyl sites for hydroxylation is 1. The summed E-state index contributed by atoms with van der Waals surface area (Å²) in [7, 11) is -0.762. The Morgan fingerprint density at radius 3 is 2.56 bits per heavy atom. The van der Waals surface area contributed by atoms with Crippen molar-refractivity contribution in [3.8, 4) is 5.75 Å². The van der Waals surface area contributed by atoms with E-state index in [1.807, 2.05) is 131 Å². The van der Waals surface area contributed by atoms with Gasteiger partial charge in [-0.3, -0.25) is 14.3 Å². The number of fused-ring (bicyclic) bond motifs is 3. The number of benzene rings is 5. The Kier molecular flexibility index (Phi) is 11.6. The zero-order valence-corrected chi connectivity index (χ0v) is 37.5. The van der Waals surface area contributed by atoms with E-state index in [2.05, 4.69) is 52.8 Å². The predicted octanol–water partition coefficient (Wildman–Crippen LogP) is 8.58. The monoisotopic (exact) mass is 878 g/mol. The maximum atomic E-state index is 15.5. The quantitative estimate of drug-likeness (QED) is 0.0933. The van der Waals surface area contributed by atoms with E-state index in [9.17, 15) is 9.90 Å². The maximum absolute atomic E-state index is 15.5. The van der Waals surface area contributed by atoms with E-state index in [1.165, 1.54) is 5.19 Å². The van der Waals surface area contributed by atoms with Crippen LogP contribution >= 0.6 is 11.6 Å². The first-order valence-corrected chi connectivity index (χ1v) is 24.9. The molecule has 2 aliphatic heterocycles. The van der Waals surface area contributed by atoms with Gasteiger partial charge in [-0.25, -0.2) is 0 Å². The van der Waals surface area contributed by atoms with Crippen molar-refractivity contribution in [1.82, 2.24) is 20.0 Å². The second-order valence-corrected chi connectivity index (χ2v) is 22.5. The van der Waals surface area contributed by atoms with E-state index in [1.54, 1.807) is 7.11 Å². The highest BCUT2D eigenvalue weighted by Crippen LogP contribution is 2.60. The fourth-order valence-electron chi connectivity index (χ4n) is 10.2. The fraction of sp³-hybridized carbons (Fsp3) is 0.280. The molecule has 1 saturated heterocycles. The number of hydrogen-bond donors (Lipinski definition) is 3. The average molecular weight is 880 g/mol. The van der Waals surface area contributed by atoms with Crippen molar-refractivity contribution in [1.29, 1.82) is 0 Å². The summed E-state index contributed by atoms with van der Waals surface area (Å²) >= 11 is 6.79. The van der Waals surface area contributed by atoms with Crippen molar-refractivity contribution in [2.45, 2.75) is 69.1 Å². The molecular weight excluding hydrogens is 828 g/mol. The van der Waals surface area contributed by atoms with Crippen LogP contribution < -0.4 is 20.1 Å². The molecule has 2 amide bonds. The second kappa shape index (κ2) is 17.3. The van der Waals surface area contributed by atoms with Crippen LogP contribution in [-0.4, -0.2) is 64.8 Å². The van der Waals surface area contributed by atoms with Crippen molar-refractivity contribution in [2.75, 3.05) is 23.9 Å². The molecule has 4 heterocycles. The van der Waals surface area contributed by atoms with Gasteiger partial charge in [0.15, 0.2) is 5.60 Å². The molecule has 322 valence electrons. The smallest absolute Gasteiger partial charge is 0.264 e. The lowest BCUT2D eigenvalue weighted by atomic mass is 9.82. The predicted molar refractivity (Wildman–Crippen MR) is 249 cm³/mol. The number of aliphatic hydroxyl groups excluding tert-OH is 1. The molecule has 1 fully saturated rings. The number of aliphatic hydroxyl groups is 1. The van der Waals surface area contributed by atoms with Crippen LogP contribution in [0.5, 0.6) is 5.75 Å². The molecule has 0 aliphatic carbocycles. The molecular formula is C50H51ClN6O5Si. The van der Waals surface area contributed by atoms with Gasteiger partial charge >= 0.3 is 0 Å². The molecule has 2 aromatic heterocycles. The van der Waals surface area contributed by atoms with Gasteiger partial charge in [0, 0.05) is 52.0 Å². The van der Waals surface area contributed by atoms with E-state index >= 15 is 4.79 Å². The molecule has 1 spiro atoms. The van der Waals surface area contributed by atoms with Crippen LogP contribution in [0.15, 0.2) is 134 Å². The summed E-state index contributed by atoms with van der Waals surface area (Å²) < 4.78 is 14.7. The SMILES string of the molecule is COc1ccc([Si](C)(C)[C@@H]2[C@@H](CCn3cc(C(CO)c4ccccc4)nn3)O[C@]3(C(=O)N(Cc4cccc(NC(=O)Cc5c[nH]c6ccccc56)c4)c4ccc(Cl)cc43)[C@H]2C)cc1. The number of hydrogen-bond acceptors (Lipinski definition) is 7. The Morgan fingerprint density at radius 2 is 1.78 bits per heavy atom. The standard InChI is InChI=1S/C50H51ClN6O5Si/c1-32-48(63(3,4)39-20-18-38(61-2)19-21-39)46(23-24-56-30-44(54-55-56)41(31-58)34-12-6-5-7-13-34)62-50(32)42-27-36(51)17-22-45(42)57(49(50)60)29-33-11-10-14-37(25-33)53-47(59)26-35-28-52-43-16-9-8-15-40(35)43/h5-22,25,27-28,30,32,41,46,48,52,58H,23-24,26,29,31H2,1-4H3,(H,53,59)/t32-,41?,46+,48-,50+/m0/s1. The van der Waals surface area contributed by atoms with Gasteiger partial charge in [0.1, 0.15) is 5.75 Å². The van der Waals surface area contributed by atoms with E-state index < -0.39 is 13.7 Å². The number of ether oxygens (including phenoxy) is 2. The van der Waals surface area contributed by atoms with Crippen LogP contribution in [0.1, 0.15) is 47.2 Å². The Morgan fingerprint density at radius 1 is 1.00 bits per heavy atom. The molecule has 3 N–H and O–H groups in total. The number of rotatable bonds is 14. The average Bonchev–Trinajstić information content (AvgIpc) is 4.05. The molecule has 11 nitrogen and oxygen atoms in total. The van der Waals surface area contributed by atoms with E-state index in [0.717, 1.165) is 44.6 Å². The minimum atomic E-state index is -2.43. The maximum Gasteiger partial charge on any atom is 0.264 e. The summed E-state index contributed by atoms with van der Waals surface area (Å²) in [4.78, 5) is 33.8. The number of nitrogens with zero attached hydrogens (tertiary/aromatic N) is 4. The lowest BCUT2D eigenvalue weighted by molar-refractivity contribution is -0.146. The number of anilines is 2. The van der Waals surface area contributed by atoms with Gasteiger partial charge in [0.05, 0.1) is 58.2 Å². The number of aromatic amines is 1. The zero-order chi connectivity index (χ0) is 43.9. The lowest BCUT2D eigenvalue weighted by Gasteiger charge is -2.37. The fourth-order valence-corrected chi connectivity index (χ4v) is 14.4. The van der Waals surface area contributed by atoms with Crippen LogP contribution in [0.3, 0.4) is 0 Å². The molecule has 1 unspecified atom stereocenters. The minimum Gasteiger partial charge on any atom is -0.497 e. The molecule has 2 aliphatic rings. The lowest BCUT2D eigenvalue weighted by Crippen LogP contribution is -2.51. The number of carbonyl (C=O) groups is 2. The second-order valence-electron chi connectivity index (χ2n) is 17.3. The Bertz CT molecular complexity index is 2780. The normalized spacial score (nSPS) is 20.1. The van der Waals surface area contributed by atoms with Crippen molar-refractivity contribution < 1.29 is 24.2 Å². The highest BCUT2D eigenvalue weighted by molar-refractivity contribution is 6.91. The van der Waals surface area contributed by atoms with Gasteiger partial charge in [-0.15, -0.1) is 5.10 Å². The molecule has 0 saturated carbocycles. The Hall–Kier alpha value is -6.05. The van der Waals surface area contributed by atoms with E-state index in [0.29, 0.717) is 29.4 Å². The summed E-state index contributed by atoms with van der Waals surface area (Å²) in [5.74, 6) is -0.0163. The summed E-state index contributed by atoms with van der Waals surface area (Å²) in [6.45, 7) is 7.55. The van der Waals surface area contributed by atoms with Gasteiger partial charge < -0.3 is 29.8 Å². The highest BCUT2D eigenvalue weighted by atomic mass is 35.5. The Labute approximate surface area is 373 Å². The van der Waals surface area contributed by atoms with Crippen molar-refractivity contribution in [2.24, 2.45) is 5.92 Å². The summed E-state index contributed by atoms with van der Waals surface area (Å²) in [6.07, 6.45) is 4.25. The first-order chi connectivity index (χ1) is 30.5. The number of nitrogens with one attached hydrogen (secondary N) is 2. The zero-order valence-electron chi connectivity index (χ0n) is 35.8. The van der Waals surface area contributed by atoms with Gasteiger partial charge in [-0.1, -0.05) is 115 Å². The number of halogens is 1. The van der Waals surface area contributed by atoms with Crippen molar-refractivity contribution >= 4 is 59.0 Å². The molecule has 63 heavy (non-hydrogen) atoms. The van der Waals surface area contributed by atoms with Crippen LogP contribution in [0, 0.1) is 5.92 Å². The van der Waals surface area contributed by atoms with E-state index in [4.69, 9.17) is 21.1 Å².